The number of hydrogen-bond donors (Lipinski definition) is 5. The largest absolute Gasteiger partial charge is 0.470 e. The van der Waals surface area contributed by atoms with E-state index in [-0.39, 0.29) is 19.3 Å². The molecule has 0 heterocycles. The van der Waals surface area contributed by atoms with Crippen LogP contribution in [0.2, 0.25) is 0 Å². The summed E-state index contributed by atoms with van der Waals surface area (Å²) in [5.74, 6) is -2.92. The predicted molar refractivity (Wildman–Crippen MR) is 100 cm³/mol. The molecule has 0 radical (unpaired) electrons. The van der Waals surface area contributed by atoms with Crippen LogP contribution in [0.25, 0.3) is 0 Å². The van der Waals surface area contributed by atoms with Gasteiger partial charge in [-0.05, 0) is 0 Å². The molecule has 32 heavy (non-hydrogen) atoms. The van der Waals surface area contributed by atoms with Crippen LogP contribution in [0.3, 0.4) is 0 Å². The van der Waals surface area contributed by atoms with Crippen LogP contribution in [-0.2, 0) is 46.8 Å². The maximum atomic E-state index is 12.0. The highest BCUT2D eigenvalue weighted by molar-refractivity contribution is 7.46. The Labute approximate surface area is 182 Å². The first-order valence-electron chi connectivity index (χ1n) is 9.37. The van der Waals surface area contributed by atoms with Crippen molar-refractivity contribution in [1.82, 2.24) is 0 Å². The van der Waals surface area contributed by atoms with Gasteiger partial charge >= 0.3 is 33.6 Å². The molecule has 186 valence electrons. The molecule has 0 spiro atoms. The van der Waals surface area contributed by atoms with E-state index in [2.05, 4.69) is 9.05 Å². The summed E-state index contributed by atoms with van der Waals surface area (Å²) >= 11 is 0. The van der Waals surface area contributed by atoms with E-state index < -0.39 is 70.2 Å². The van der Waals surface area contributed by atoms with Crippen molar-refractivity contribution in [2.24, 2.45) is 0 Å². The molecular formula is C15H26O15P2. The van der Waals surface area contributed by atoms with Gasteiger partial charge in [0, 0.05) is 19.3 Å². The van der Waals surface area contributed by atoms with Gasteiger partial charge in [-0.25, -0.2) is 9.13 Å². The van der Waals surface area contributed by atoms with Crippen molar-refractivity contribution in [2.75, 3.05) is 0 Å². The number of phosphoric acid groups is 2. The second-order valence-electron chi connectivity index (χ2n) is 6.54. The molecule has 1 aliphatic carbocycles. The van der Waals surface area contributed by atoms with E-state index in [0.717, 1.165) is 0 Å². The summed E-state index contributed by atoms with van der Waals surface area (Å²) in [5, 5.41) is 10.6. The van der Waals surface area contributed by atoms with E-state index in [9.17, 15) is 48.2 Å². The summed E-state index contributed by atoms with van der Waals surface area (Å²) in [6.45, 7) is 4.09. The van der Waals surface area contributed by atoms with E-state index in [1.54, 1.807) is 0 Å². The smallest absolute Gasteiger partial charge is 0.455 e. The summed E-state index contributed by atoms with van der Waals surface area (Å²) in [4.78, 5) is 72.8. The first kappa shape index (κ1) is 28.6. The highest BCUT2D eigenvalue weighted by atomic mass is 31.2. The topological polar surface area (TPSA) is 233 Å². The number of carbonyl (C=O) groups is 3. The van der Waals surface area contributed by atoms with Crippen molar-refractivity contribution < 1.29 is 71.5 Å². The van der Waals surface area contributed by atoms with Crippen molar-refractivity contribution in [2.45, 2.75) is 76.7 Å². The lowest BCUT2D eigenvalue weighted by molar-refractivity contribution is -0.242. The quantitative estimate of drug-likeness (QED) is 0.139. The summed E-state index contributed by atoms with van der Waals surface area (Å²) in [5.41, 5.74) is 0. The van der Waals surface area contributed by atoms with Crippen LogP contribution in [0.4, 0.5) is 0 Å². The molecule has 6 atom stereocenters. The lowest BCUT2D eigenvalue weighted by Crippen LogP contribution is -2.67. The Bertz CT molecular complexity index is 719. The fourth-order valence-corrected chi connectivity index (χ4v) is 3.93. The van der Waals surface area contributed by atoms with E-state index in [0.29, 0.717) is 0 Å². The van der Waals surface area contributed by atoms with Gasteiger partial charge in [-0.1, -0.05) is 20.8 Å². The van der Waals surface area contributed by atoms with Crippen LogP contribution in [0.15, 0.2) is 0 Å². The number of phosphoric ester groups is 2. The molecule has 0 aromatic heterocycles. The molecule has 0 amide bonds. The lowest BCUT2D eigenvalue weighted by Gasteiger charge is -2.46. The van der Waals surface area contributed by atoms with E-state index in [1.165, 1.54) is 20.8 Å². The fraction of sp³-hybridized carbons (Fsp3) is 0.800. The van der Waals surface area contributed by atoms with E-state index >= 15 is 0 Å². The minimum atomic E-state index is -5.41. The fourth-order valence-electron chi connectivity index (χ4n) is 2.81. The number of aliphatic hydroxyl groups is 1. The van der Waals surface area contributed by atoms with Crippen LogP contribution < -0.4 is 0 Å². The summed E-state index contributed by atoms with van der Waals surface area (Å²) < 4.78 is 47.2. The zero-order chi connectivity index (χ0) is 24.9. The van der Waals surface area contributed by atoms with Crippen LogP contribution in [0.5, 0.6) is 0 Å². The van der Waals surface area contributed by atoms with Gasteiger partial charge in [-0.2, -0.15) is 0 Å². The van der Waals surface area contributed by atoms with Crippen molar-refractivity contribution in [1.29, 1.82) is 0 Å². The maximum Gasteiger partial charge on any atom is 0.470 e. The van der Waals surface area contributed by atoms with Gasteiger partial charge in [-0.3, -0.25) is 23.4 Å². The average molecular weight is 508 g/mol. The Balaban J connectivity index is 3.64. The van der Waals surface area contributed by atoms with Crippen LogP contribution >= 0.6 is 15.6 Å². The minimum absolute atomic E-state index is 0.254. The zero-order valence-corrected chi connectivity index (χ0v) is 19.1. The molecule has 2 unspecified atom stereocenters. The molecule has 1 rings (SSSR count). The molecule has 1 saturated carbocycles. The number of aliphatic hydroxyl groups excluding tert-OH is 1. The Kier molecular flexibility index (Phi) is 10.4. The van der Waals surface area contributed by atoms with Crippen LogP contribution in [0, 0.1) is 0 Å². The summed E-state index contributed by atoms with van der Waals surface area (Å²) in [6, 6.07) is 0. The third-order valence-electron chi connectivity index (χ3n) is 4.16. The predicted octanol–water partition coefficient (Wildman–Crippen LogP) is -0.718. The van der Waals surface area contributed by atoms with Crippen LogP contribution in [0.1, 0.15) is 40.0 Å². The van der Waals surface area contributed by atoms with Crippen molar-refractivity contribution in [3.05, 3.63) is 0 Å². The highest BCUT2D eigenvalue weighted by Gasteiger charge is 2.59. The molecule has 17 heteroatoms. The Morgan fingerprint density at radius 1 is 0.625 bits per heavy atom. The number of ether oxygens (including phenoxy) is 3. The molecule has 0 saturated heterocycles. The maximum absolute atomic E-state index is 12.0. The molecular weight excluding hydrogens is 482 g/mol. The Morgan fingerprint density at radius 2 is 0.875 bits per heavy atom. The number of carbonyl (C=O) groups excluding carboxylic acids is 3. The van der Waals surface area contributed by atoms with Gasteiger partial charge in [-0.15, -0.1) is 0 Å². The monoisotopic (exact) mass is 508 g/mol. The Morgan fingerprint density at radius 3 is 1.09 bits per heavy atom. The molecule has 5 N–H and O–H groups in total. The molecule has 15 nitrogen and oxygen atoms in total. The summed E-state index contributed by atoms with van der Waals surface area (Å²) in [6.07, 6.45) is -13.3. The average Bonchev–Trinajstić information content (AvgIpc) is 2.68. The number of hydrogen-bond acceptors (Lipinski definition) is 11. The first-order chi connectivity index (χ1) is 14.6. The van der Waals surface area contributed by atoms with Gasteiger partial charge in [0.2, 0.25) is 0 Å². The van der Waals surface area contributed by atoms with E-state index in [1.807, 2.05) is 0 Å². The zero-order valence-electron chi connectivity index (χ0n) is 17.3. The molecule has 0 aliphatic heterocycles. The standard InChI is InChI=1S/C15H26O15P2/c1-4-7(16)26-13-11(29-31(20,21)22)10(19)12(30-32(23,24)25)14(27-8(17)5-2)15(13)28-9(18)6-3/h10-15,19H,4-6H2,1-3H3,(H2,20,21,22)(H2,23,24,25)/t10?,11-,12-,13-,14+,15?/m1/s1. The van der Waals surface area contributed by atoms with Gasteiger partial charge in [0.05, 0.1) is 0 Å². The number of esters is 3. The minimum Gasteiger partial charge on any atom is -0.455 e. The van der Waals surface area contributed by atoms with Crippen molar-refractivity contribution >= 4 is 33.6 Å². The van der Waals surface area contributed by atoms with Gasteiger partial charge in [0.25, 0.3) is 0 Å². The van der Waals surface area contributed by atoms with E-state index in [4.69, 9.17) is 14.2 Å². The SMILES string of the molecule is CCC(=O)OC1[C@@H](OC(=O)CC)[C@H](OP(=O)(O)O)C(O)[C@@H](OP(=O)(O)O)[C@H]1OC(=O)CC. The second-order valence-corrected chi connectivity index (χ2v) is 8.92. The highest BCUT2D eigenvalue weighted by Crippen LogP contribution is 2.47. The molecule has 0 bridgehead atoms. The van der Waals surface area contributed by atoms with Crippen molar-refractivity contribution in [3.63, 3.8) is 0 Å². The van der Waals surface area contributed by atoms with Gasteiger partial charge < -0.3 is 38.9 Å². The summed E-state index contributed by atoms with van der Waals surface area (Å²) in [7, 11) is -10.8. The van der Waals surface area contributed by atoms with Gasteiger partial charge in [0.1, 0.15) is 18.3 Å². The van der Waals surface area contributed by atoms with Crippen molar-refractivity contribution in [3.8, 4) is 0 Å². The Hall–Kier alpha value is -1.41. The molecule has 0 aromatic rings. The third-order valence-corrected chi connectivity index (χ3v) is 5.19. The third kappa shape index (κ3) is 8.50. The molecule has 0 aromatic carbocycles. The number of rotatable bonds is 10. The second kappa shape index (κ2) is 11.6. The molecule has 1 fully saturated rings. The molecule has 1 aliphatic rings. The lowest BCUT2D eigenvalue weighted by atomic mass is 9.84. The first-order valence-corrected chi connectivity index (χ1v) is 12.4. The normalized spacial score (nSPS) is 28.6. The van der Waals surface area contributed by atoms with Crippen LogP contribution in [-0.4, -0.2) is 79.2 Å². The van der Waals surface area contributed by atoms with Gasteiger partial charge in [0.15, 0.2) is 18.3 Å².